The smallest absolute Gasteiger partial charge is 0.273 e. The molecule has 2 heterocycles. The molecule has 0 atom stereocenters. The standard InChI is InChI=1S/C10H14N4O3S/c1-7-9(12-13-18-7)10(16)11-6-8(15)14-2-4-17-5-3-14/h2-6H2,1H3,(H,11,16). The molecule has 1 aliphatic heterocycles. The first-order chi connectivity index (χ1) is 8.68. The molecule has 0 bridgehead atoms. The topological polar surface area (TPSA) is 84.4 Å². The van der Waals surface area contributed by atoms with Gasteiger partial charge in [0.1, 0.15) is 0 Å². The summed E-state index contributed by atoms with van der Waals surface area (Å²) >= 11 is 1.16. The first-order valence-electron chi connectivity index (χ1n) is 5.61. The fourth-order valence-electron chi connectivity index (χ4n) is 1.61. The average molecular weight is 270 g/mol. The molecule has 0 unspecified atom stereocenters. The summed E-state index contributed by atoms with van der Waals surface area (Å²) in [7, 11) is 0. The van der Waals surface area contributed by atoms with Crippen LogP contribution in [-0.2, 0) is 9.53 Å². The van der Waals surface area contributed by atoms with Crippen LogP contribution >= 0.6 is 11.5 Å². The number of amides is 2. The van der Waals surface area contributed by atoms with Gasteiger partial charge in [-0.2, -0.15) is 0 Å². The van der Waals surface area contributed by atoms with Crippen LogP contribution in [0.1, 0.15) is 15.4 Å². The van der Waals surface area contributed by atoms with Crippen molar-refractivity contribution in [1.29, 1.82) is 0 Å². The molecule has 7 nitrogen and oxygen atoms in total. The fourth-order valence-corrected chi connectivity index (χ4v) is 2.07. The summed E-state index contributed by atoms with van der Waals surface area (Å²) in [5.74, 6) is -0.463. The van der Waals surface area contributed by atoms with E-state index in [9.17, 15) is 9.59 Å². The van der Waals surface area contributed by atoms with Gasteiger partial charge in [0.05, 0.1) is 24.6 Å². The molecule has 1 aliphatic rings. The van der Waals surface area contributed by atoms with Gasteiger partial charge in [0.2, 0.25) is 5.91 Å². The Morgan fingerprint density at radius 3 is 2.78 bits per heavy atom. The highest BCUT2D eigenvalue weighted by molar-refractivity contribution is 7.05. The first-order valence-corrected chi connectivity index (χ1v) is 6.38. The molecule has 1 saturated heterocycles. The van der Waals surface area contributed by atoms with E-state index >= 15 is 0 Å². The zero-order valence-electron chi connectivity index (χ0n) is 10.0. The Morgan fingerprint density at radius 1 is 1.44 bits per heavy atom. The summed E-state index contributed by atoms with van der Waals surface area (Å²) in [4.78, 5) is 25.9. The van der Waals surface area contributed by atoms with Gasteiger partial charge in [0.25, 0.3) is 5.91 Å². The summed E-state index contributed by atoms with van der Waals surface area (Å²) in [6.07, 6.45) is 0. The highest BCUT2D eigenvalue weighted by Gasteiger charge is 2.19. The average Bonchev–Trinajstić information content (AvgIpc) is 2.83. The number of carbonyl (C=O) groups is 2. The normalized spacial score (nSPS) is 15.5. The van der Waals surface area contributed by atoms with E-state index in [0.717, 1.165) is 16.4 Å². The zero-order chi connectivity index (χ0) is 13.0. The van der Waals surface area contributed by atoms with Gasteiger partial charge in [-0.1, -0.05) is 4.49 Å². The molecule has 1 aromatic heterocycles. The molecule has 2 amide bonds. The molecular weight excluding hydrogens is 256 g/mol. The Bertz CT molecular complexity index is 442. The third-order valence-electron chi connectivity index (χ3n) is 2.63. The maximum absolute atomic E-state index is 11.8. The quantitative estimate of drug-likeness (QED) is 0.795. The lowest BCUT2D eigenvalue weighted by molar-refractivity contribution is -0.134. The van der Waals surface area contributed by atoms with Crippen molar-refractivity contribution >= 4 is 23.3 Å². The molecule has 98 valence electrons. The van der Waals surface area contributed by atoms with Gasteiger partial charge in [-0.05, 0) is 18.5 Å². The summed E-state index contributed by atoms with van der Waals surface area (Å²) in [6, 6.07) is 0. The second-order valence-electron chi connectivity index (χ2n) is 3.85. The summed E-state index contributed by atoms with van der Waals surface area (Å²) in [5, 5.41) is 6.27. The van der Waals surface area contributed by atoms with E-state index in [1.54, 1.807) is 11.8 Å². The number of nitrogens with one attached hydrogen (secondary N) is 1. The molecule has 0 aromatic carbocycles. The van der Waals surface area contributed by atoms with Crippen molar-refractivity contribution in [2.45, 2.75) is 6.92 Å². The van der Waals surface area contributed by atoms with E-state index in [1.165, 1.54) is 0 Å². The Morgan fingerprint density at radius 2 is 2.17 bits per heavy atom. The zero-order valence-corrected chi connectivity index (χ0v) is 10.8. The van der Waals surface area contributed by atoms with E-state index in [2.05, 4.69) is 14.9 Å². The van der Waals surface area contributed by atoms with E-state index in [1.807, 2.05) is 0 Å². The molecule has 8 heteroatoms. The number of hydrogen-bond donors (Lipinski definition) is 1. The lowest BCUT2D eigenvalue weighted by atomic mass is 10.3. The summed E-state index contributed by atoms with van der Waals surface area (Å²) < 4.78 is 8.83. The van der Waals surface area contributed by atoms with Crippen LogP contribution in [0, 0.1) is 6.92 Å². The SMILES string of the molecule is Cc1snnc1C(=O)NCC(=O)N1CCOCC1. The van der Waals surface area contributed by atoms with Crippen molar-refractivity contribution in [3.8, 4) is 0 Å². The minimum absolute atomic E-state index is 0.0181. The number of nitrogens with zero attached hydrogens (tertiary/aromatic N) is 3. The summed E-state index contributed by atoms with van der Waals surface area (Å²) in [6.45, 7) is 4.00. The molecule has 1 aromatic rings. The molecule has 18 heavy (non-hydrogen) atoms. The van der Waals surface area contributed by atoms with Gasteiger partial charge in [0.15, 0.2) is 5.69 Å². The highest BCUT2D eigenvalue weighted by atomic mass is 32.1. The van der Waals surface area contributed by atoms with Crippen LogP contribution in [0.15, 0.2) is 0 Å². The maximum Gasteiger partial charge on any atom is 0.273 e. The van der Waals surface area contributed by atoms with Crippen LogP contribution in [0.4, 0.5) is 0 Å². The largest absolute Gasteiger partial charge is 0.378 e. The van der Waals surface area contributed by atoms with Crippen molar-refractivity contribution in [2.24, 2.45) is 0 Å². The molecule has 0 spiro atoms. The molecule has 1 fully saturated rings. The molecule has 0 saturated carbocycles. The number of ether oxygens (including phenoxy) is 1. The van der Waals surface area contributed by atoms with E-state index in [-0.39, 0.29) is 24.1 Å². The van der Waals surface area contributed by atoms with Crippen molar-refractivity contribution < 1.29 is 14.3 Å². The number of aryl methyl sites for hydroxylation is 1. The van der Waals surface area contributed by atoms with Crippen molar-refractivity contribution in [2.75, 3.05) is 32.8 Å². The van der Waals surface area contributed by atoms with Crippen LogP contribution < -0.4 is 5.32 Å². The van der Waals surface area contributed by atoms with Gasteiger partial charge in [-0.3, -0.25) is 9.59 Å². The number of hydrogen-bond acceptors (Lipinski definition) is 6. The van der Waals surface area contributed by atoms with Crippen LogP contribution in [0.2, 0.25) is 0 Å². The monoisotopic (exact) mass is 270 g/mol. The lowest BCUT2D eigenvalue weighted by Gasteiger charge is -2.26. The van der Waals surface area contributed by atoms with Crippen LogP contribution in [0.5, 0.6) is 0 Å². The van der Waals surface area contributed by atoms with Crippen LogP contribution in [-0.4, -0.2) is 59.1 Å². The second kappa shape index (κ2) is 5.87. The summed E-state index contributed by atoms with van der Waals surface area (Å²) in [5.41, 5.74) is 0.287. The van der Waals surface area contributed by atoms with Crippen molar-refractivity contribution in [3.05, 3.63) is 10.6 Å². The van der Waals surface area contributed by atoms with Gasteiger partial charge >= 0.3 is 0 Å². The van der Waals surface area contributed by atoms with E-state index in [4.69, 9.17) is 4.74 Å². The van der Waals surface area contributed by atoms with Crippen LogP contribution in [0.3, 0.4) is 0 Å². The van der Waals surface area contributed by atoms with Gasteiger partial charge in [-0.15, -0.1) is 5.10 Å². The molecule has 1 N–H and O–H groups in total. The molecular formula is C10H14N4O3S. The number of aromatic nitrogens is 2. The molecule has 0 radical (unpaired) electrons. The molecule has 0 aliphatic carbocycles. The van der Waals surface area contributed by atoms with Crippen molar-refractivity contribution in [1.82, 2.24) is 19.8 Å². The number of morpholine rings is 1. The van der Waals surface area contributed by atoms with Gasteiger partial charge in [0, 0.05) is 13.1 Å². The number of rotatable bonds is 3. The predicted molar refractivity (Wildman–Crippen MR) is 64.4 cm³/mol. The van der Waals surface area contributed by atoms with Crippen LogP contribution in [0.25, 0.3) is 0 Å². The van der Waals surface area contributed by atoms with E-state index < -0.39 is 0 Å². The Hall–Kier alpha value is -1.54. The maximum atomic E-state index is 11.8. The minimum atomic E-state index is -0.358. The van der Waals surface area contributed by atoms with Gasteiger partial charge < -0.3 is 15.0 Å². The Labute approximate surface area is 108 Å². The Kier molecular flexibility index (Phi) is 4.21. The lowest BCUT2D eigenvalue weighted by Crippen LogP contribution is -2.45. The third-order valence-corrected chi connectivity index (χ3v) is 3.26. The molecule has 2 rings (SSSR count). The highest BCUT2D eigenvalue weighted by Crippen LogP contribution is 2.07. The van der Waals surface area contributed by atoms with E-state index in [0.29, 0.717) is 26.3 Å². The first kappa shape index (κ1) is 12.9. The number of carbonyl (C=O) groups excluding carboxylic acids is 2. The fraction of sp³-hybridized carbons (Fsp3) is 0.600. The predicted octanol–water partition coefficient (Wildman–Crippen LogP) is -0.565. The minimum Gasteiger partial charge on any atom is -0.378 e. The van der Waals surface area contributed by atoms with Crippen molar-refractivity contribution in [3.63, 3.8) is 0 Å². The third kappa shape index (κ3) is 3.02. The van der Waals surface area contributed by atoms with Gasteiger partial charge in [-0.25, -0.2) is 0 Å². The second-order valence-corrected chi connectivity index (χ2v) is 4.81. The Balaban J connectivity index is 1.82.